The van der Waals surface area contributed by atoms with Crippen molar-refractivity contribution in [3.8, 4) is 11.1 Å². The third kappa shape index (κ3) is 1.80. The number of hydrogen-bond acceptors (Lipinski definition) is 2. The van der Waals surface area contributed by atoms with Crippen molar-refractivity contribution in [3.63, 3.8) is 0 Å². The molecule has 0 unspecified atom stereocenters. The van der Waals surface area contributed by atoms with Crippen LogP contribution in [0, 0.1) is 0 Å². The van der Waals surface area contributed by atoms with Crippen molar-refractivity contribution in [2.75, 3.05) is 7.05 Å². The molecular formula is C13H12N2O. The van der Waals surface area contributed by atoms with Crippen LogP contribution in [0.25, 0.3) is 11.1 Å². The van der Waals surface area contributed by atoms with Crippen molar-refractivity contribution in [2.45, 2.75) is 0 Å². The van der Waals surface area contributed by atoms with E-state index in [1.165, 1.54) is 4.57 Å². The lowest BCUT2D eigenvalue weighted by Gasteiger charge is -2.05. The fraction of sp³-hybridized carbons (Fsp3) is 0.0769. The minimum absolute atomic E-state index is 0.670. The van der Waals surface area contributed by atoms with E-state index < -0.39 is 0 Å². The first-order valence-electron chi connectivity index (χ1n) is 5.01. The Morgan fingerprint density at radius 1 is 1.12 bits per heavy atom. The topological polar surface area (TPSA) is 34.4 Å². The molecule has 0 saturated carbocycles. The highest BCUT2D eigenvalue weighted by Gasteiger charge is 2.01. The second-order valence-corrected chi connectivity index (χ2v) is 3.35. The van der Waals surface area contributed by atoms with Gasteiger partial charge in [-0.1, -0.05) is 30.3 Å². The van der Waals surface area contributed by atoms with E-state index >= 15 is 0 Å². The third-order valence-corrected chi connectivity index (χ3v) is 2.41. The summed E-state index contributed by atoms with van der Waals surface area (Å²) in [4.78, 5) is 15.0. The quantitative estimate of drug-likeness (QED) is 0.698. The van der Waals surface area contributed by atoms with Gasteiger partial charge in [0.2, 0.25) is 6.41 Å². The van der Waals surface area contributed by atoms with Gasteiger partial charge in [0.1, 0.15) is 5.49 Å². The van der Waals surface area contributed by atoms with Gasteiger partial charge in [0.05, 0.1) is 0 Å². The molecule has 0 bridgehead atoms. The molecule has 0 fully saturated rings. The van der Waals surface area contributed by atoms with E-state index in [4.69, 9.17) is 0 Å². The highest BCUT2D eigenvalue weighted by Crippen LogP contribution is 2.13. The Kier molecular flexibility index (Phi) is 2.96. The fourth-order valence-corrected chi connectivity index (χ4v) is 1.68. The lowest BCUT2D eigenvalue weighted by atomic mass is 10.1. The summed E-state index contributed by atoms with van der Waals surface area (Å²) in [6.07, 6.45) is 2.45. The van der Waals surface area contributed by atoms with E-state index in [2.05, 4.69) is 4.99 Å². The van der Waals surface area contributed by atoms with Crippen LogP contribution in [-0.2, 0) is 4.79 Å². The van der Waals surface area contributed by atoms with Crippen LogP contribution in [0.15, 0.2) is 53.7 Å². The minimum atomic E-state index is 0.670. The molecule has 2 aromatic rings. The molecule has 0 aliphatic carbocycles. The standard InChI is InChI=1S/C13H12N2O/c1-14-13-12(8-5-9-15(13)10-16)11-6-3-2-4-7-11/h2-10H,1H3/b14-13-. The monoisotopic (exact) mass is 212 g/mol. The molecule has 2 rings (SSSR count). The van der Waals surface area contributed by atoms with Gasteiger partial charge in [0.15, 0.2) is 0 Å². The van der Waals surface area contributed by atoms with E-state index in [1.807, 2.05) is 42.5 Å². The van der Waals surface area contributed by atoms with E-state index in [0.29, 0.717) is 5.49 Å². The lowest BCUT2D eigenvalue weighted by Crippen LogP contribution is -2.21. The largest absolute Gasteiger partial charge is 0.278 e. The fourth-order valence-electron chi connectivity index (χ4n) is 1.68. The molecule has 0 aliphatic heterocycles. The number of carbonyl (C=O) groups is 1. The minimum Gasteiger partial charge on any atom is -0.278 e. The summed E-state index contributed by atoms with van der Waals surface area (Å²) in [5.74, 6) is 0. The first-order chi connectivity index (χ1) is 7.86. The van der Waals surface area contributed by atoms with Crippen LogP contribution in [0.4, 0.5) is 0 Å². The van der Waals surface area contributed by atoms with Gasteiger partial charge in [-0.15, -0.1) is 0 Å². The van der Waals surface area contributed by atoms with Gasteiger partial charge in [-0.2, -0.15) is 0 Å². The van der Waals surface area contributed by atoms with Crippen LogP contribution in [0.1, 0.15) is 0 Å². The van der Waals surface area contributed by atoms with E-state index in [9.17, 15) is 4.79 Å². The Labute approximate surface area is 93.7 Å². The maximum Gasteiger partial charge on any atom is 0.219 e. The lowest BCUT2D eigenvalue weighted by molar-refractivity contribution is 0.545. The first kappa shape index (κ1) is 10.4. The summed E-state index contributed by atoms with van der Waals surface area (Å²) in [6.45, 7) is 0. The number of benzene rings is 1. The van der Waals surface area contributed by atoms with Gasteiger partial charge in [0.25, 0.3) is 0 Å². The summed E-state index contributed by atoms with van der Waals surface area (Å²) >= 11 is 0. The van der Waals surface area contributed by atoms with Gasteiger partial charge in [-0.05, 0) is 17.7 Å². The Bertz CT molecular complexity index is 556. The number of aromatic nitrogens is 1. The molecule has 0 amide bonds. The van der Waals surface area contributed by atoms with Crippen molar-refractivity contribution in [1.29, 1.82) is 0 Å². The van der Waals surface area contributed by atoms with Gasteiger partial charge in [-0.3, -0.25) is 14.4 Å². The summed E-state index contributed by atoms with van der Waals surface area (Å²) in [6, 6.07) is 13.7. The normalized spacial score (nSPS) is 11.4. The van der Waals surface area contributed by atoms with Crippen LogP contribution in [-0.4, -0.2) is 18.0 Å². The van der Waals surface area contributed by atoms with E-state index in [0.717, 1.165) is 17.5 Å². The second kappa shape index (κ2) is 4.57. The maximum atomic E-state index is 10.9. The Morgan fingerprint density at radius 3 is 2.50 bits per heavy atom. The van der Waals surface area contributed by atoms with Crippen LogP contribution < -0.4 is 5.49 Å². The highest BCUT2D eigenvalue weighted by molar-refractivity contribution is 5.64. The van der Waals surface area contributed by atoms with E-state index in [-0.39, 0.29) is 0 Å². The molecule has 80 valence electrons. The predicted molar refractivity (Wildman–Crippen MR) is 63.5 cm³/mol. The second-order valence-electron chi connectivity index (χ2n) is 3.35. The SMILES string of the molecule is C/N=c1/c(-c2ccccc2)cccn1C=O. The molecule has 3 nitrogen and oxygen atoms in total. The van der Waals surface area contributed by atoms with Crippen molar-refractivity contribution in [3.05, 3.63) is 54.1 Å². The molecule has 1 aromatic carbocycles. The zero-order valence-electron chi connectivity index (χ0n) is 9.00. The molecule has 0 spiro atoms. The molecular weight excluding hydrogens is 200 g/mol. The van der Waals surface area contributed by atoms with Crippen molar-refractivity contribution < 1.29 is 4.79 Å². The molecule has 3 heteroatoms. The molecule has 0 atom stereocenters. The Morgan fingerprint density at radius 2 is 1.88 bits per heavy atom. The molecule has 0 aliphatic rings. The van der Waals surface area contributed by atoms with Crippen LogP contribution in [0.3, 0.4) is 0 Å². The van der Waals surface area contributed by atoms with Gasteiger partial charge in [-0.25, -0.2) is 0 Å². The Balaban J connectivity index is 2.72. The van der Waals surface area contributed by atoms with Crippen LogP contribution in [0.2, 0.25) is 0 Å². The average Bonchev–Trinajstić information content (AvgIpc) is 2.38. The summed E-state index contributed by atoms with van der Waals surface area (Å²) in [5.41, 5.74) is 2.68. The number of rotatable bonds is 2. The average molecular weight is 212 g/mol. The van der Waals surface area contributed by atoms with E-state index in [1.54, 1.807) is 13.2 Å². The van der Waals surface area contributed by atoms with Gasteiger partial charge >= 0.3 is 0 Å². The summed E-state index contributed by atoms with van der Waals surface area (Å²) in [5, 5.41) is 0. The number of carbonyl (C=O) groups excluding carboxylic acids is 1. The molecule has 16 heavy (non-hydrogen) atoms. The third-order valence-electron chi connectivity index (χ3n) is 2.41. The molecule has 0 radical (unpaired) electrons. The molecule has 1 aromatic heterocycles. The van der Waals surface area contributed by atoms with Crippen molar-refractivity contribution >= 4 is 6.41 Å². The molecule has 1 heterocycles. The Hall–Kier alpha value is -2.16. The number of pyridine rings is 1. The van der Waals surface area contributed by atoms with Gasteiger partial charge < -0.3 is 0 Å². The highest BCUT2D eigenvalue weighted by atomic mass is 16.1. The van der Waals surface area contributed by atoms with Crippen molar-refractivity contribution in [1.82, 2.24) is 4.57 Å². The maximum absolute atomic E-state index is 10.9. The number of nitrogens with zero attached hydrogens (tertiary/aromatic N) is 2. The van der Waals surface area contributed by atoms with Gasteiger partial charge in [0, 0.05) is 18.8 Å². The van der Waals surface area contributed by atoms with Crippen LogP contribution >= 0.6 is 0 Å². The zero-order chi connectivity index (χ0) is 11.4. The predicted octanol–water partition coefficient (Wildman–Crippen LogP) is 1.72. The van der Waals surface area contributed by atoms with Crippen molar-refractivity contribution in [2.24, 2.45) is 4.99 Å². The molecule has 0 N–H and O–H groups in total. The smallest absolute Gasteiger partial charge is 0.219 e. The number of hydrogen-bond donors (Lipinski definition) is 0. The summed E-state index contributed by atoms with van der Waals surface area (Å²) in [7, 11) is 1.68. The zero-order valence-corrected chi connectivity index (χ0v) is 9.00. The van der Waals surface area contributed by atoms with Crippen LogP contribution in [0.5, 0.6) is 0 Å². The molecule has 0 saturated heterocycles. The first-order valence-corrected chi connectivity index (χ1v) is 5.01. The summed E-state index contributed by atoms with van der Waals surface area (Å²) < 4.78 is 1.47.